The number of hydrogen-bond donors (Lipinski definition) is 10. The second-order valence-corrected chi connectivity index (χ2v) is 28.7. The van der Waals surface area contributed by atoms with E-state index in [-0.39, 0.29) is 85.5 Å². The normalized spacial score (nSPS) is 27.5. The molecule has 28 heteroatoms. The Morgan fingerprint density at radius 2 is 1.10 bits per heavy atom. The van der Waals surface area contributed by atoms with Crippen molar-refractivity contribution in [3.05, 3.63) is 65.2 Å². The predicted molar refractivity (Wildman–Crippen MR) is 355 cm³/mol. The molecule has 28 nitrogen and oxygen atoms in total. The van der Waals surface area contributed by atoms with Crippen molar-refractivity contribution < 1.29 is 87.3 Å². The maximum atomic E-state index is 13.3. The van der Waals surface area contributed by atoms with Crippen LogP contribution >= 0.6 is 0 Å². The number of benzene rings is 2. The number of rotatable bonds is 29. The second-order valence-electron chi connectivity index (χ2n) is 28.7. The lowest BCUT2D eigenvalue weighted by Gasteiger charge is -2.62. The summed E-state index contributed by atoms with van der Waals surface area (Å²) in [6.07, 6.45) is 14.2. The van der Waals surface area contributed by atoms with Crippen LogP contribution in [0.5, 0.6) is 23.0 Å². The number of likely N-dealkylation sites (N-methyl/N-ethyl adjacent to an activating group) is 2. The van der Waals surface area contributed by atoms with E-state index in [1.807, 2.05) is 12.1 Å². The van der Waals surface area contributed by atoms with Crippen LogP contribution in [0, 0.1) is 11.8 Å². The summed E-state index contributed by atoms with van der Waals surface area (Å²) in [7, 11) is 3.15. The summed E-state index contributed by atoms with van der Waals surface area (Å²) in [5.74, 6) is -0.296. The number of aliphatic carboxylic acids is 2. The van der Waals surface area contributed by atoms with E-state index in [0.717, 1.165) is 67.2 Å². The molecule has 12 atom stereocenters. The van der Waals surface area contributed by atoms with E-state index in [4.69, 9.17) is 34.9 Å². The average molecular weight is 1380 g/mol. The summed E-state index contributed by atoms with van der Waals surface area (Å²) in [4.78, 5) is 130. The van der Waals surface area contributed by atoms with E-state index in [2.05, 4.69) is 41.4 Å². The molecule has 538 valence electrons. The third kappa shape index (κ3) is 14.5. The molecular formula is C71H96N10O18. The number of carbonyl (C=O) groups is 10. The lowest BCUT2D eigenvalue weighted by Crippen LogP contribution is -2.76. The number of carboxylic acids is 2. The SMILES string of the molecule is CNC(CCC(=O)O)C(=O)NC(CCCCN)C(C)=O.CNC(CCC(=O)O)C(=O)NC(CCCCNC(=O)Oc1ccc2c3c1OC1C(=O)CC[C@@]4(O)[C@@H](C2)N(CC2CC2)CC[C@]314)C(C)=O.O=C1CC[C@@]2(O)[C@H]3Cc4ccc(OC(=O)n5ccnc5)c5c4[C@@]2(CCN3CC2CC2)C1O5. The van der Waals surface area contributed by atoms with Gasteiger partial charge in [0.1, 0.15) is 6.33 Å². The molecule has 5 heterocycles. The maximum absolute atomic E-state index is 13.3. The van der Waals surface area contributed by atoms with E-state index in [0.29, 0.717) is 100 Å². The number of nitrogens with one attached hydrogen (secondary N) is 5. The van der Waals surface area contributed by atoms with Crippen LogP contribution in [0.3, 0.4) is 0 Å². The minimum absolute atomic E-state index is 0.0196. The number of imidazole rings is 1. The number of ketones is 4. The number of likely N-dealkylation sites (tertiary alicyclic amines) is 2. The predicted octanol–water partition coefficient (Wildman–Crippen LogP) is 3.31. The molecule has 2 saturated heterocycles. The molecule has 2 spiro atoms. The number of ether oxygens (including phenoxy) is 4. The Hall–Kier alpha value is -7.73. The molecule has 6 unspecified atom stereocenters. The summed E-state index contributed by atoms with van der Waals surface area (Å²) < 4.78 is 25.3. The third-order valence-corrected chi connectivity index (χ3v) is 22.6. The Morgan fingerprint density at radius 3 is 1.52 bits per heavy atom. The first-order valence-electron chi connectivity index (χ1n) is 35.3. The van der Waals surface area contributed by atoms with E-state index in [1.54, 1.807) is 26.2 Å². The summed E-state index contributed by atoms with van der Waals surface area (Å²) in [6, 6.07) is 4.70. The highest BCUT2D eigenvalue weighted by atomic mass is 16.6. The van der Waals surface area contributed by atoms with Gasteiger partial charge in [0.2, 0.25) is 11.8 Å². The van der Waals surface area contributed by atoms with Crippen LogP contribution in [0.2, 0.25) is 0 Å². The third-order valence-electron chi connectivity index (χ3n) is 22.6. The number of nitrogens with two attached hydrogens (primary N) is 1. The van der Waals surface area contributed by atoms with Crippen LogP contribution in [0.25, 0.3) is 0 Å². The van der Waals surface area contributed by atoms with Gasteiger partial charge in [-0.05, 0) is 198 Å². The summed E-state index contributed by atoms with van der Waals surface area (Å²) in [5.41, 5.74) is 5.49. The first kappa shape index (κ1) is 72.5. The van der Waals surface area contributed by atoms with E-state index in [9.17, 15) is 58.2 Å². The zero-order chi connectivity index (χ0) is 70.7. The molecule has 6 fully saturated rings. The molecule has 2 aromatic carbocycles. The first-order chi connectivity index (χ1) is 47.4. The fraction of sp³-hybridized carbons (Fsp3) is 0.648. The summed E-state index contributed by atoms with van der Waals surface area (Å²) in [5, 5.41) is 55.9. The number of hydrogen-bond acceptors (Lipinski definition) is 22. The Balaban J connectivity index is 0.000000164. The molecule has 3 amide bonds. The lowest BCUT2D eigenvalue weighted by molar-refractivity contribution is -0.188. The molecule has 11 N–H and O–H groups in total. The van der Waals surface area contributed by atoms with Crippen molar-refractivity contribution in [1.29, 1.82) is 0 Å². The monoisotopic (exact) mass is 1380 g/mol. The van der Waals surface area contributed by atoms with Gasteiger partial charge in [-0.15, -0.1) is 0 Å². The largest absolute Gasteiger partial charge is 0.481 e. The van der Waals surface area contributed by atoms with Crippen molar-refractivity contribution in [3.8, 4) is 23.0 Å². The minimum atomic E-state index is -1.10. The van der Waals surface area contributed by atoms with Crippen molar-refractivity contribution in [2.24, 2.45) is 17.6 Å². The van der Waals surface area contributed by atoms with Crippen molar-refractivity contribution in [3.63, 3.8) is 0 Å². The fourth-order valence-corrected chi connectivity index (χ4v) is 17.1. The lowest BCUT2D eigenvalue weighted by atomic mass is 9.49. The number of aliphatic hydroxyl groups is 2. The van der Waals surface area contributed by atoms with Crippen LogP contribution < -0.4 is 51.3 Å². The Morgan fingerprint density at radius 1 is 0.636 bits per heavy atom. The van der Waals surface area contributed by atoms with Gasteiger partial charge in [0.15, 0.2) is 58.3 Å². The topological polar surface area (TPSA) is 399 Å². The number of unbranched alkanes of at least 4 members (excludes halogenated alkanes) is 2. The Bertz CT molecular complexity index is 3580. The van der Waals surface area contributed by atoms with Gasteiger partial charge < -0.3 is 71.7 Å². The molecule has 13 rings (SSSR count). The highest BCUT2D eigenvalue weighted by Crippen LogP contribution is 2.67. The summed E-state index contributed by atoms with van der Waals surface area (Å²) in [6.45, 7) is 7.26. The van der Waals surface area contributed by atoms with Crippen molar-refractivity contribution in [2.45, 2.75) is 226 Å². The maximum Gasteiger partial charge on any atom is 0.424 e. The Kier molecular flexibility index (Phi) is 22.1. The van der Waals surface area contributed by atoms with Crippen molar-refractivity contribution >= 4 is 59.1 Å². The van der Waals surface area contributed by atoms with E-state index >= 15 is 0 Å². The molecule has 6 aliphatic carbocycles. The van der Waals surface area contributed by atoms with Gasteiger partial charge in [-0.3, -0.25) is 48.2 Å². The molecule has 0 radical (unpaired) electrons. The van der Waals surface area contributed by atoms with Crippen molar-refractivity contribution in [1.82, 2.24) is 45.9 Å². The fourth-order valence-electron chi connectivity index (χ4n) is 17.1. The van der Waals surface area contributed by atoms with Gasteiger partial charge >= 0.3 is 24.1 Å². The highest BCUT2D eigenvalue weighted by molar-refractivity contribution is 5.93. The minimum Gasteiger partial charge on any atom is -0.481 e. The van der Waals surface area contributed by atoms with Gasteiger partial charge in [-0.2, -0.15) is 0 Å². The van der Waals surface area contributed by atoms with Crippen LogP contribution in [0.4, 0.5) is 9.59 Å². The molecule has 4 saturated carbocycles. The number of piperidine rings is 2. The summed E-state index contributed by atoms with van der Waals surface area (Å²) >= 11 is 0. The molecule has 3 aromatic rings. The standard InChI is InChI=1S/C34H46N4O9.C24H25N3O5.C13H25N3O4/c1-19(39)22(37-31(43)23(35-2)9-11-27(41)42)5-3-4-15-36-32(44)46-25-10-8-21-17-26-34(45)13-12-24(40)30-33(34,28(21)29(25)47-30)14-16-38(26)18-20-6-7-20;28-16-5-6-24(30)18-11-15-3-4-17(31-22(29)27-10-8-25-13-27)20-19(15)23(24,21(16)32-20)7-9-26(18)12-14-1-2-14;1-9(17)10(5-3-4-8-14)16-13(20)11(15-2)6-7-12(18)19/h8,10,20,22-23,26,30,35,45H,3-7,9,11-18H2,1-2H3,(H,36,44)(H,37,43)(H,41,42);3-4,8,10,13-14,18,21,30H,1-2,5-7,9,11-12H2;10-11,15H,3-8,14H2,1-2H3,(H,16,20)(H,18,19)/t22?,23?,26-,30?,33+,34-;18-,21?,23+,24-;/m11./s1. The molecule has 4 aliphatic heterocycles. The van der Waals surface area contributed by atoms with Crippen LogP contribution in [0.15, 0.2) is 43.0 Å². The molecule has 99 heavy (non-hydrogen) atoms. The van der Waals surface area contributed by atoms with Crippen LogP contribution in [-0.4, -0.2) is 212 Å². The number of amides is 3. The number of carbonyl (C=O) groups excluding carboxylic acids is 8. The number of carboxylic acid groups (broad SMARTS) is 2. The molecule has 1 aromatic heterocycles. The van der Waals surface area contributed by atoms with E-state index in [1.165, 1.54) is 62.8 Å². The van der Waals surface area contributed by atoms with Gasteiger partial charge in [-0.1, -0.05) is 12.1 Å². The number of nitrogens with zero attached hydrogens (tertiary/aromatic N) is 4. The quantitative estimate of drug-likeness (QED) is 0.0446. The van der Waals surface area contributed by atoms with Crippen LogP contribution in [0.1, 0.15) is 165 Å². The highest BCUT2D eigenvalue weighted by Gasteiger charge is 2.75. The van der Waals surface area contributed by atoms with Gasteiger partial charge in [0.25, 0.3) is 0 Å². The zero-order valence-corrected chi connectivity index (χ0v) is 57.0. The smallest absolute Gasteiger partial charge is 0.424 e. The average Bonchev–Trinajstić information content (AvgIpc) is 1.51. The second kappa shape index (κ2) is 30.2. The van der Waals surface area contributed by atoms with Crippen LogP contribution in [-0.2, 0) is 62.0 Å². The van der Waals surface area contributed by atoms with Crippen molar-refractivity contribution in [2.75, 3.05) is 53.4 Å². The Labute approximate surface area is 574 Å². The van der Waals surface area contributed by atoms with Gasteiger partial charge in [0, 0.05) is 80.9 Å². The molecular weight excluding hydrogens is 1280 g/mol. The van der Waals surface area contributed by atoms with Gasteiger partial charge in [-0.25, -0.2) is 19.1 Å². The number of aromatic nitrogens is 2. The molecule has 10 aliphatic rings. The number of Topliss-reactive ketones (excluding diaryl/α,β-unsaturated/α-hetero) is 4. The van der Waals surface area contributed by atoms with Gasteiger partial charge in [0.05, 0.1) is 46.2 Å². The van der Waals surface area contributed by atoms with E-state index < -0.39 is 88.4 Å². The molecule has 4 bridgehead atoms. The zero-order valence-electron chi connectivity index (χ0n) is 57.0. The first-order valence-corrected chi connectivity index (χ1v) is 35.3.